The highest BCUT2D eigenvalue weighted by atomic mass is 79.9. The Morgan fingerprint density at radius 1 is 1.19 bits per heavy atom. The second-order valence-corrected chi connectivity index (χ2v) is 9.03. The third-order valence-electron chi connectivity index (χ3n) is 4.33. The molecule has 2 aromatic rings. The number of hydrogen-bond acceptors (Lipinski definition) is 3. The first-order valence-electron chi connectivity index (χ1n) is 8.57. The average Bonchev–Trinajstić information content (AvgIpc) is 3.43. The van der Waals surface area contributed by atoms with E-state index >= 15 is 0 Å². The van der Waals surface area contributed by atoms with E-state index in [1.807, 2.05) is 11.8 Å². The van der Waals surface area contributed by atoms with E-state index in [1.54, 1.807) is 36.4 Å². The second kappa shape index (κ2) is 7.80. The molecule has 1 fully saturated rings. The topological polar surface area (TPSA) is 66.5 Å². The molecule has 1 N–H and O–H groups in total. The lowest BCUT2D eigenvalue weighted by Gasteiger charge is -2.21. The number of sulfonamides is 1. The smallest absolute Gasteiger partial charge is 0.261 e. The summed E-state index contributed by atoms with van der Waals surface area (Å²) < 4.78 is 28.4. The number of hydrogen-bond donors (Lipinski definition) is 1. The zero-order valence-corrected chi connectivity index (χ0v) is 16.9. The molecule has 0 unspecified atom stereocenters. The van der Waals surface area contributed by atoms with Gasteiger partial charge in [-0.3, -0.25) is 9.52 Å². The van der Waals surface area contributed by atoms with Crippen LogP contribution >= 0.6 is 15.9 Å². The van der Waals surface area contributed by atoms with Gasteiger partial charge in [0.25, 0.3) is 15.9 Å². The molecule has 7 heteroatoms. The highest BCUT2D eigenvalue weighted by Crippen LogP contribution is 2.30. The quantitative estimate of drug-likeness (QED) is 0.709. The number of rotatable bonds is 7. The van der Waals surface area contributed by atoms with Crippen LogP contribution in [0, 0.1) is 5.92 Å². The summed E-state index contributed by atoms with van der Waals surface area (Å²) in [5.41, 5.74) is 0.866. The van der Waals surface area contributed by atoms with Crippen molar-refractivity contribution in [2.75, 3.05) is 17.8 Å². The number of carbonyl (C=O) groups is 1. The van der Waals surface area contributed by atoms with Crippen molar-refractivity contribution in [1.29, 1.82) is 0 Å². The summed E-state index contributed by atoms with van der Waals surface area (Å²) in [4.78, 5) is 14.7. The summed E-state index contributed by atoms with van der Waals surface area (Å²) in [5, 5.41) is 0. The van der Waals surface area contributed by atoms with E-state index in [0.29, 0.717) is 23.7 Å². The zero-order valence-electron chi connectivity index (χ0n) is 14.5. The van der Waals surface area contributed by atoms with E-state index < -0.39 is 10.0 Å². The van der Waals surface area contributed by atoms with Crippen molar-refractivity contribution in [3.63, 3.8) is 0 Å². The van der Waals surface area contributed by atoms with Gasteiger partial charge >= 0.3 is 0 Å². The maximum atomic E-state index is 12.7. The monoisotopic (exact) mass is 436 g/mol. The minimum atomic E-state index is -3.70. The van der Waals surface area contributed by atoms with Gasteiger partial charge in [-0.2, -0.15) is 0 Å². The Labute approximate surface area is 162 Å². The van der Waals surface area contributed by atoms with Gasteiger partial charge < -0.3 is 4.90 Å². The number of amides is 1. The van der Waals surface area contributed by atoms with Crippen LogP contribution in [0.1, 0.15) is 30.1 Å². The average molecular weight is 437 g/mol. The molecular formula is C19H21BrN2O3S. The maximum Gasteiger partial charge on any atom is 0.261 e. The Hall–Kier alpha value is -1.86. The van der Waals surface area contributed by atoms with Crippen LogP contribution in [0.5, 0.6) is 0 Å². The van der Waals surface area contributed by atoms with Crippen molar-refractivity contribution in [2.45, 2.75) is 24.7 Å². The van der Waals surface area contributed by atoms with Crippen LogP contribution in [0.2, 0.25) is 0 Å². The van der Waals surface area contributed by atoms with E-state index in [-0.39, 0.29) is 10.8 Å². The fourth-order valence-corrected chi connectivity index (χ4v) is 4.01. The molecule has 0 radical (unpaired) electrons. The van der Waals surface area contributed by atoms with Gasteiger partial charge in [0.15, 0.2) is 0 Å². The van der Waals surface area contributed by atoms with Crippen LogP contribution in [-0.2, 0) is 10.0 Å². The number of nitrogens with zero attached hydrogens (tertiary/aromatic N) is 1. The molecule has 1 amide bonds. The van der Waals surface area contributed by atoms with Crippen LogP contribution in [0.25, 0.3) is 0 Å². The Bertz CT molecular complexity index is 893. The first-order chi connectivity index (χ1) is 12.4. The first kappa shape index (κ1) is 18.9. The predicted octanol–water partition coefficient (Wildman–Crippen LogP) is 4.12. The molecule has 0 aliphatic heterocycles. The van der Waals surface area contributed by atoms with E-state index in [2.05, 4.69) is 20.7 Å². The van der Waals surface area contributed by atoms with Crippen molar-refractivity contribution >= 4 is 37.5 Å². The van der Waals surface area contributed by atoms with E-state index in [9.17, 15) is 13.2 Å². The Balaban J connectivity index is 1.78. The second-order valence-electron chi connectivity index (χ2n) is 6.43. The molecule has 0 saturated heterocycles. The van der Waals surface area contributed by atoms with Crippen LogP contribution in [0.4, 0.5) is 5.69 Å². The number of nitrogens with one attached hydrogen (secondary N) is 1. The SMILES string of the molecule is CCN(CC1CC1)C(=O)c1cccc(NS(=O)(=O)c2ccc(Br)cc2)c1. The Morgan fingerprint density at radius 2 is 1.88 bits per heavy atom. The molecule has 0 spiro atoms. The number of carbonyl (C=O) groups excluding carboxylic acids is 1. The molecule has 0 bridgehead atoms. The number of benzene rings is 2. The molecule has 3 rings (SSSR count). The molecule has 5 nitrogen and oxygen atoms in total. The predicted molar refractivity (Wildman–Crippen MR) is 106 cm³/mol. The van der Waals surface area contributed by atoms with Crippen LogP contribution < -0.4 is 4.72 Å². The fraction of sp³-hybridized carbons (Fsp3) is 0.316. The molecule has 26 heavy (non-hydrogen) atoms. The van der Waals surface area contributed by atoms with Crippen LogP contribution in [-0.4, -0.2) is 32.3 Å². The summed E-state index contributed by atoms with van der Waals surface area (Å²) in [6.07, 6.45) is 2.35. The summed E-state index contributed by atoms with van der Waals surface area (Å²) >= 11 is 3.29. The van der Waals surface area contributed by atoms with Crippen LogP contribution in [0.15, 0.2) is 57.9 Å². The number of halogens is 1. The minimum Gasteiger partial charge on any atom is -0.339 e. The molecule has 1 aliphatic rings. The summed E-state index contributed by atoms with van der Waals surface area (Å²) in [6.45, 7) is 3.37. The normalized spacial score (nSPS) is 14.1. The molecule has 138 valence electrons. The van der Waals surface area contributed by atoms with Gasteiger partial charge in [-0.15, -0.1) is 0 Å². The Morgan fingerprint density at radius 3 is 2.50 bits per heavy atom. The highest BCUT2D eigenvalue weighted by Gasteiger charge is 2.26. The number of anilines is 1. The van der Waals surface area contributed by atoms with E-state index in [0.717, 1.165) is 11.0 Å². The van der Waals surface area contributed by atoms with Gasteiger partial charge in [-0.05, 0) is 68.1 Å². The van der Waals surface area contributed by atoms with E-state index in [4.69, 9.17) is 0 Å². The van der Waals surface area contributed by atoms with Crippen molar-refractivity contribution in [1.82, 2.24) is 4.90 Å². The minimum absolute atomic E-state index is 0.0657. The highest BCUT2D eigenvalue weighted by molar-refractivity contribution is 9.10. The third-order valence-corrected chi connectivity index (χ3v) is 6.26. The molecule has 1 saturated carbocycles. The molecule has 0 heterocycles. The summed E-state index contributed by atoms with van der Waals surface area (Å²) in [7, 11) is -3.70. The molecule has 0 atom stereocenters. The standard InChI is InChI=1S/C19H21BrN2O3S/c1-2-22(13-14-6-7-14)19(23)15-4-3-5-17(12-15)21-26(24,25)18-10-8-16(20)9-11-18/h3-5,8-12,14,21H,2,6-7,13H2,1H3. The maximum absolute atomic E-state index is 12.7. The third kappa shape index (κ3) is 4.65. The van der Waals surface area contributed by atoms with Crippen molar-refractivity contribution in [3.05, 3.63) is 58.6 Å². The van der Waals surface area contributed by atoms with Gasteiger partial charge in [0.05, 0.1) is 4.90 Å². The molecule has 1 aliphatic carbocycles. The van der Waals surface area contributed by atoms with Gasteiger partial charge in [-0.1, -0.05) is 22.0 Å². The van der Waals surface area contributed by atoms with Gasteiger partial charge in [0, 0.05) is 28.8 Å². The Kier molecular flexibility index (Phi) is 5.67. The van der Waals surface area contributed by atoms with Crippen molar-refractivity contribution < 1.29 is 13.2 Å². The van der Waals surface area contributed by atoms with Gasteiger partial charge in [0.2, 0.25) is 0 Å². The van der Waals surface area contributed by atoms with Gasteiger partial charge in [-0.25, -0.2) is 8.42 Å². The first-order valence-corrected chi connectivity index (χ1v) is 10.8. The lowest BCUT2D eigenvalue weighted by Crippen LogP contribution is -2.32. The largest absolute Gasteiger partial charge is 0.339 e. The van der Waals surface area contributed by atoms with E-state index in [1.165, 1.54) is 25.0 Å². The van der Waals surface area contributed by atoms with Crippen LogP contribution in [0.3, 0.4) is 0 Å². The zero-order chi connectivity index (χ0) is 18.7. The summed E-state index contributed by atoms with van der Waals surface area (Å²) in [6, 6.07) is 13.0. The van der Waals surface area contributed by atoms with Crippen molar-refractivity contribution in [2.24, 2.45) is 5.92 Å². The molecular weight excluding hydrogens is 416 g/mol. The lowest BCUT2D eigenvalue weighted by atomic mass is 10.1. The summed E-state index contributed by atoms with van der Waals surface area (Å²) in [5.74, 6) is 0.544. The lowest BCUT2D eigenvalue weighted by molar-refractivity contribution is 0.0757. The fourth-order valence-electron chi connectivity index (χ4n) is 2.69. The molecule has 2 aromatic carbocycles. The molecule has 0 aromatic heterocycles. The van der Waals surface area contributed by atoms with Gasteiger partial charge in [0.1, 0.15) is 0 Å². The van der Waals surface area contributed by atoms with Crippen molar-refractivity contribution in [3.8, 4) is 0 Å².